The summed E-state index contributed by atoms with van der Waals surface area (Å²) in [6.07, 6.45) is 3.88. The van der Waals surface area contributed by atoms with Crippen molar-refractivity contribution in [3.63, 3.8) is 0 Å². The molecule has 2 aromatic rings. The molecule has 0 atom stereocenters. The Balaban J connectivity index is 2.08. The second-order valence-corrected chi connectivity index (χ2v) is 4.21. The van der Waals surface area contributed by atoms with Gasteiger partial charge in [0.2, 0.25) is 0 Å². The predicted octanol–water partition coefficient (Wildman–Crippen LogP) is 2.08. The first kappa shape index (κ1) is 10.2. The van der Waals surface area contributed by atoms with Crippen LogP contribution in [0.4, 0.5) is 0 Å². The summed E-state index contributed by atoms with van der Waals surface area (Å²) in [5, 5.41) is 3.40. The molecular formula is C12H17N3. The molecular weight excluding hydrogens is 186 g/mol. The van der Waals surface area contributed by atoms with Gasteiger partial charge in [-0.2, -0.15) is 0 Å². The Morgan fingerprint density at radius 3 is 3.07 bits per heavy atom. The molecule has 2 aromatic heterocycles. The average molecular weight is 203 g/mol. The van der Waals surface area contributed by atoms with Gasteiger partial charge >= 0.3 is 0 Å². The van der Waals surface area contributed by atoms with Crippen LogP contribution in [0.15, 0.2) is 30.7 Å². The van der Waals surface area contributed by atoms with Crippen molar-refractivity contribution in [2.75, 3.05) is 6.54 Å². The lowest BCUT2D eigenvalue weighted by Crippen LogP contribution is -2.19. The van der Waals surface area contributed by atoms with Gasteiger partial charge < -0.3 is 9.72 Å². The van der Waals surface area contributed by atoms with Crippen LogP contribution >= 0.6 is 0 Å². The van der Waals surface area contributed by atoms with E-state index in [9.17, 15) is 0 Å². The smallest absolute Gasteiger partial charge is 0.0996 e. The van der Waals surface area contributed by atoms with E-state index in [4.69, 9.17) is 0 Å². The second kappa shape index (κ2) is 4.45. The number of hydrogen-bond acceptors (Lipinski definition) is 2. The summed E-state index contributed by atoms with van der Waals surface area (Å²) in [7, 11) is 0. The van der Waals surface area contributed by atoms with Crippen LogP contribution in [0.2, 0.25) is 0 Å². The number of pyridine rings is 1. The monoisotopic (exact) mass is 203 g/mol. The molecule has 0 saturated carbocycles. The van der Waals surface area contributed by atoms with Gasteiger partial charge in [-0.1, -0.05) is 19.9 Å². The maximum Gasteiger partial charge on any atom is 0.0996 e. The van der Waals surface area contributed by atoms with Crippen LogP contribution in [0, 0.1) is 5.92 Å². The molecule has 3 heteroatoms. The average Bonchev–Trinajstić information content (AvgIpc) is 2.62. The van der Waals surface area contributed by atoms with Crippen LogP contribution in [0.5, 0.6) is 0 Å². The Morgan fingerprint density at radius 1 is 1.40 bits per heavy atom. The van der Waals surface area contributed by atoms with E-state index in [1.54, 1.807) is 0 Å². The fraction of sp³-hybridized carbons (Fsp3) is 0.417. The normalized spacial score (nSPS) is 11.4. The summed E-state index contributed by atoms with van der Waals surface area (Å²) in [5.74, 6) is 0.680. The molecule has 0 saturated heterocycles. The quantitative estimate of drug-likeness (QED) is 0.824. The maximum absolute atomic E-state index is 4.39. The maximum atomic E-state index is 4.39. The molecule has 0 aliphatic carbocycles. The SMILES string of the molecule is CC(C)CNCc1ncn2ccccc12. The van der Waals surface area contributed by atoms with Crippen LogP contribution in [-0.2, 0) is 6.54 Å². The van der Waals surface area contributed by atoms with Gasteiger partial charge in [0.1, 0.15) is 0 Å². The lowest BCUT2D eigenvalue weighted by Gasteiger charge is -2.05. The molecule has 2 rings (SSSR count). The van der Waals surface area contributed by atoms with Crippen LogP contribution in [0.1, 0.15) is 19.5 Å². The summed E-state index contributed by atoms with van der Waals surface area (Å²) in [6.45, 7) is 6.29. The topological polar surface area (TPSA) is 29.3 Å². The zero-order valence-electron chi connectivity index (χ0n) is 9.27. The molecule has 80 valence electrons. The van der Waals surface area contributed by atoms with E-state index in [1.165, 1.54) is 5.52 Å². The molecule has 2 heterocycles. The number of aromatic nitrogens is 2. The molecule has 0 aromatic carbocycles. The molecule has 0 unspecified atom stereocenters. The lowest BCUT2D eigenvalue weighted by atomic mass is 10.2. The predicted molar refractivity (Wildman–Crippen MR) is 61.7 cm³/mol. The molecule has 0 radical (unpaired) electrons. The lowest BCUT2D eigenvalue weighted by molar-refractivity contribution is 0.550. The first-order valence-electron chi connectivity index (χ1n) is 5.38. The fourth-order valence-corrected chi connectivity index (χ4v) is 1.61. The molecule has 15 heavy (non-hydrogen) atoms. The molecule has 0 aliphatic rings. The molecule has 0 aliphatic heterocycles. The van der Waals surface area contributed by atoms with Crippen molar-refractivity contribution < 1.29 is 0 Å². The minimum Gasteiger partial charge on any atom is -0.311 e. The summed E-state index contributed by atoms with van der Waals surface area (Å²) in [6, 6.07) is 6.16. The number of fused-ring (bicyclic) bond motifs is 1. The van der Waals surface area contributed by atoms with Gasteiger partial charge in [-0.05, 0) is 24.6 Å². The highest BCUT2D eigenvalue weighted by molar-refractivity contribution is 5.51. The minimum absolute atomic E-state index is 0.680. The third-order valence-corrected chi connectivity index (χ3v) is 2.37. The first-order chi connectivity index (χ1) is 7.27. The Bertz CT molecular complexity index is 431. The number of rotatable bonds is 4. The number of imidazole rings is 1. The molecule has 1 N–H and O–H groups in total. The minimum atomic E-state index is 0.680. The third kappa shape index (κ3) is 2.36. The van der Waals surface area contributed by atoms with Crippen molar-refractivity contribution in [1.29, 1.82) is 0 Å². The zero-order chi connectivity index (χ0) is 10.7. The summed E-state index contributed by atoms with van der Waals surface area (Å²) < 4.78 is 2.05. The summed E-state index contributed by atoms with van der Waals surface area (Å²) >= 11 is 0. The molecule has 0 bridgehead atoms. The fourth-order valence-electron chi connectivity index (χ4n) is 1.61. The van der Waals surface area contributed by atoms with Crippen LogP contribution in [0.25, 0.3) is 5.52 Å². The van der Waals surface area contributed by atoms with E-state index >= 15 is 0 Å². The number of hydrogen-bond donors (Lipinski definition) is 1. The number of nitrogens with one attached hydrogen (secondary N) is 1. The summed E-state index contributed by atoms with van der Waals surface area (Å²) in [5.41, 5.74) is 2.31. The van der Waals surface area contributed by atoms with Gasteiger partial charge in [-0.3, -0.25) is 0 Å². The van der Waals surface area contributed by atoms with Gasteiger partial charge in [0.05, 0.1) is 17.5 Å². The van der Waals surface area contributed by atoms with Crippen molar-refractivity contribution in [1.82, 2.24) is 14.7 Å². The van der Waals surface area contributed by atoms with Gasteiger partial charge in [0, 0.05) is 12.7 Å². The van der Waals surface area contributed by atoms with Gasteiger partial charge in [0.15, 0.2) is 0 Å². The van der Waals surface area contributed by atoms with Crippen LogP contribution < -0.4 is 5.32 Å². The largest absolute Gasteiger partial charge is 0.311 e. The van der Waals surface area contributed by atoms with Crippen molar-refractivity contribution in [3.8, 4) is 0 Å². The Labute approximate surface area is 90.1 Å². The molecule has 3 nitrogen and oxygen atoms in total. The van der Waals surface area contributed by atoms with Gasteiger partial charge in [-0.15, -0.1) is 0 Å². The molecule has 0 spiro atoms. The Morgan fingerprint density at radius 2 is 2.27 bits per heavy atom. The highest BCUT2D eigenvalue weighted by atomic mass is 15.0. The van der Waals surface area contributed by atoms with E-state index in [0.29, 0.717) is 5.92 Å². The number of nitrogens with zero attached hydrogens (tertiary/aromatic N) is 2. The Kier molecular flexibility index (Phi) is 3.02. The first-order valence-corrected chi connectivity index (χ1v) is 5.38. The second-order valence-electron chi connectivity index (χ2n) is 4.21. The highest BCUT2D eigenvalue weighted by Gasteiger charge is 2.02. The van der Waals surface area contributed by atoms with E-state index in [1.807, 2.05) is 29.1 Å². The standard InChI is InChI=1S/C12H17N3/c1-10(2)7-13-8-11-12-5-3-4-6-15(12)9-14-11/h3-6,9-10,13H,7-8H2,1-2H3. The van der Waals surface area contributed by atoms with Crippen molar-refractivity contribution in [2.24, 2.45) is 5.92 Å². The summed E-state index contributed by atoms with van der Waals surface area (Å²) in [4.78, 5) is 4.39. The van der Waals surface area contributed by atoms with Crippen LogP contribution in [0.3, 0.4) is 0 Å². The van der Waals surface area contributed by atoms with Gasteiger partial charge in [-0.25, -0.2) is 4.98 Å². The van der Waals surface area contributed by atoms with Crippen molar-refractivity contribution in [2.45, 2.75) is 20.4 Å². The molecule has 0 fully saturated rings. The van der Waals surface area contributed by atoms with Crippen molar-refractivity contribution >= 4 is 5.52 Å². The van der Waals surface area contributed by atoms with E-state index in [-0.39, 0.29) is 0 Å². The Hall–Kier alpha value is -1.35. The molecule has 0 amide bonds. The van der Waals surface area contributed by atoms with E-state index in [2.05, 4.69) is 30.2 Å². The van der Waals surface area contributed by atoms with E-state index < -0.39 is 0 Å². The zero-order valence-corrected chi connectivity index (χ0v) is 9.27. The van der Waals surface area contributed by atoms with Crippen LogP contribution in [-0.4, -0.2) is 15.9 Å². The third-order valence-electron chi connectivity index (χ3n) is 2.37. The van der Waals surface area contributed by atoms with Crippen molar-refractivity contribution in [3.05, 3.63) is 36.4 Å². The highest BCUT2D eigenvalue weighted by Crippen LogP contribution is 2.08. The van der Waals surface area contributed by atoms with Gasteiger partial charge in [0.25, 0.3) is 0 Å². The van der Waals surface area contributed by atoms with E-state index in [0.717, 1.165) is 18.8 Å².